The van der Waals surface area contributed by atoms with Gasteiger partial charge in [0.25, 0.3) is 10.0 Å². The van der Waals surface area contributed by atoms with Crippen LogP contribution in [0.3, 0.4) is 0 Å². The molecule has 3 rings (SSSR count). The first kappa shape index (κ1) is 20.7. The molecule has 5 nitrogen and oxygen atoms in total. The van der Waals surface area contributed by atoms with Crippen molar-refractivity contribution in [3.8, 4) is 11.5 Å². The highest BCUT2D eigenvalue weighted by molar-refractivity contribution is 7.92. The monoisotopic (exact) mass is 415 g/mol. The fourth-order valence-electron chi connectivity index (χ4n) is 3.10. The second-order valence-corrected chi connectivity index (χ2v) is 8.19. The Morgan fingerprint density at radius 1 is 0.828 bits per heavy atom. The molecule has 0 N–H and O–H groups in total. The van der Waals surface area contributed by atoms with Gasteiger partial charge < -0.3 is 9.47 Å². The number of nitrogens with zero attached hydrogens (tertiary/aromatic N) is 1. The van der Waals surface area contributed by atoms with Gasteiger partial charge in [-0.3, -0.25) is 4.31 Å². The van der Waals surface area contributed by atoms with Crippen LogP contribution in [0.2, 0.25) is 0 Å². The smallest absolute Gasteiger partial charge is 0.264 e. The topological polar surface area (TPSA) is 55.8 Å². The Labute approximate surface area is 170 Å². The molecule has 0 spiro atoms. The summed E-state index contributed by atoms with van der Waals surface area (Å²) in [6.45, 7) is 1.66. The molecule has 0 aliphatic carbocycles. The summed E-state index contributed by atoms with van der Waals surface area (Å²) in [5.74, 6) is 0.666. The van der Waals surface area contributed by atoms with E-state index in [-0.39, 0.29) is 10.5 Å². The second kappa shape index (κ2) is 8.53. The molecule has 0 heterocycles. The van der Waals surface area contributed by atoms with Crippen LogP contribution in [0.4, 0.5) is 10.1 Å². The first-order valence-corrected chi connectivity index (χ1v) is 10.4. The van der Waals surface area contributed by atoms with Crippen molar-refractivity contribution in [2.75, 3.05) is 18.5 Å². The van der Waals surface area contributed by atoms with Crippen LogP contribution in [0.1, 0.15) is 18.5 Å². The summed E-state index contributed by atoms with van der Waals surface area (Å²) in [5.41, 5.74) is 0.678. The molecule has 0 unspecified atom stereocenters. The van der Waals surface area contributed by atoms with Gasteiger partial charge in [0.2, 0.25) is 0 Å². The van der Waals surface area contributed by atoms with Crippen LogP contribution in [0.15, 0.2) is 77.7 Å². The quantitative estimate of drug-likeness (QED) is 0.556. The molecule has 0 fully saturated rings. The molecule has 152 valence electrons. The van der Waals surface area contributed by atoms with Crippen LogP contribution in [0.25, 0.3) is 0 Å². The number of rotatable bonds is 7. The summed E-state index contributed by atoms with van der Waals surface area (Å²) in [4.78, 5) is 0.0808. The zero-order valence-corrected chi connectivity index (χ0v) is 17.2. The van der Waals surface area contributed by atoms with E-state index in [1.54, 1.807) is 61.5 Å². The van der Waals surface area contributed by atoms with Gasteiger partial charge in [-0.25, -0.2) is 12.8 Å². The normalized spacial score (nSPS) is 12.3. The zero-order valence-electron chi connectivity index (χ0n) is 16.4. The molecule has 0 saturated carbocycles. The average molecular weight is 415 g/mol. The molecular weight excluding hydrogens is 393 g/mol. The van der Waals surface area contributed by atoms with E-state index >= 15 is 0 Å². The number of sulfonamides is 1. The molecule has 0 aliphatic heterocycles. The maximum Gasteiger partial charge on any atom is 0.264 e. The lowest BCUT2D eigenvalue weighted by atomic mass is 10.1. The second-order valence-electron chi connectivity index (χ2n) is 6.37. The van der Waals surface area contributed by atoms with E-state index in [0.29, 0.717) is 17.2 Å². The standard InChI is InChI=1S/C22H22FNO4S/c1-16(21-6-4-5-7-22(21)23)24(17-8-10-18(27-2)11-9-17)29(25,26)20-14-12-19(28-3)13-15-20/h4-16H,1-3H3/t16-/m1/s1. The van der Waals surface area contributed by atoms with Crippen LogP contribution in [0.5, 0.6) is 11.5 Å². The summed E-state index contributed by atoms with van der Waals surface area (Å²) < 4.78 is 53.1. The maximum atomic E-state index is 14.5. The lowest BCUT2D eigenvalue weighted by Gasteiger charge is -2.31. The summed E-state index contributed by atoms with van der Waals surface area (Å²) in [5, 5.41) is 0. The first-order chi connectivity index (χ1) is 13.9. The van der Waals surface area contributed by atoms with Gasteiger partial charge in [-0.15, -0.1) is 0 Å². The van der Waals surface area contributed by atoms with Gasteiger partial charge in [0.1, 0.15) is 17.3 Å². The summed E-state index contributed by atoms with van der Waals surface area (Å²) in [6, 6.07) is 18.1. The van der Waals surface area contributed by atoms with E-state index < -0.39 is 21.9 Å². The summed E-state index contributed by atoms with van der Waals surface area (Å²) in [6.07, 6.45) is 0. The van der Waals surface area contributed by atoms with E-state index in [9.17, 15) is 12.8 Å². The van der Waals surface area contributed by atoms with Crippen molar-refractivity contribution in [1.82, 2.24) is 0 Å². The fourth-order valence-corrected chi connectivity index (χ4v) is 4.74. The van der Waals surface area contributed by atoms with Crippen molar-refractivity contribution in [3.05, 3.63) is 84.2 Å². The maximum absolute atomic E-state index is 14.5. The number of hydrogen-bond donors (Lipinski definition) is 0. The van der Waals surface area contributed by atoms with Gasteiger partial charge in [-0.1, -0.05) is 18.2 Å². The number of ether oxygens (including phenoxy) is 2. The third kappa shape index (κ3) is 4.19. The van der Waals surface area contributed by atoms with Gasteiger partial charge in [-0.2, -0.15) is 0 Å². The zero-order chi connectivity index (χ0) is 21.0. The number of anilines is 1. The average Bonchev–Trinajstić information content (AvgIpc) is 2.74. The first-order valence-electron chi connectivity index (χ1n) is 8.95. The summed E-state index contributed by atoms with van der Waals surface area (Å²) in [7, 11) is -0.955. The van der Waals surface area contributed by atoms with Gasteiger partial charge in [0, 0.05) is 5.56 Å². The predicted octanol–water partition coefficient (Wildman–Crippen LogP) is 4.80. The molecule has 29 heavy (non-hydrogen) atoms. The highest BCUT2D eigenvalue weighted by Gasteiger charge is 2.31. The van der Waals surface area contributed by atoms with Crippen LogP contribution < -0.4 is 13.8 Å². The van der Waals surface area contributed by atoms with Crippen molar-refractivity contribution in [1.29, 1.82) is 0 Å². The van der Waals surface area contributed by atoms with Gasteiger partial charge in [0.05, 0.1) is 30.8 Å². The highest BCUT2D eigenvalue weighted by atomic mass is 32.2. The van der Waals surface area contributed by atoms with Crippen molar-refractivity contribution in [2.24, 2.45) is 0 Å². The number of benzene rings is 3. The molecule has 0 aromatic heterocycles. The van der Waals surface area contributed by atoms with Crippen LogP contribution in [-0.4, -0.2) is 22.6 Å². The molecule has 0 bridgehead atoms. The van der Waals surface area contributed by atoms with Crippen LogP contribution >= 0.6 is 0 Å². The van der Waals surface area contributed by atoms with Gasteiger partial charge in [0.15, 0.2) is 0 Å². The Bertz CT molecular complexity index is 1070. The minimum Gasteiger partial charge on any atom is -0.497 e. The van der Waals surface area contributed by atoms with Crippen LogP contribution in [-0.2, 0) is 10.0 Å². The summed E-state index contributed by atoms with van der Waals surface area (Å²) >= 11 is 0. The lowest BCUT2D eigenvalue weighted by Crippen LogP contribution is -2.34. The Kier molecular flexibility index (Phi) is 6.08. The molecule has 0 radical (unpaired) electrons. The van der Waals surface area contributed by atoms with Gasteiger partial charge in [-0.05, 0) is 61.5 Å². The molecule has 3 aromatic rings. The number of hydrogen-bond acceptors (Lipinski definition) is 4. The number of methoxy groups -OCH3 is 2. The van der Waals surface area contributed by atoms with Gasteiger partial charge >= 0.3 is 0 Å². The third-order valence-corrected chi connectivity index (χ3v) is 6.56. The molecular formula is C22H22FNO4S. The van der Waals surface area contributed by atoms with E-state index in [2.05, 4.69) is 0 Å². The van der Waals surface area contributed by atoms with E-state index in [0.717, 1.165) is 0 Å². The minimum absolute atomic E-state index is 0.0808. The lowest BCUT2D eigenvalue weighted by molar-refractivity contribution is 0.414. The highest BCUT2D eigenvalue weighted by Crippen LogP contribution is 2.35. The molecule has 0 amide bonds. The van der Waals surface area contributed by atoms with Crippen LogP contribution in [0, 0.1) is 5.82 Å². The van der Waals surface area contributed by atoms with Crippen molar-refractivity contribution >= 4 is 15.7 Å². The predicted molar refractivity (Wildman–Crippen MR) is 110 cm³/mol. The third-order valence-electron chi connectivity index (χ3n) is 4.65. The van der Waals surface area contributed by atoms with Crippen molar-refractivity contribution in [2.45, 2.75) is 17.9 Å². The van der Waals surface area contributed by atoms with E-state index in [1.165, 1.54) is 36.7 Å². The fraction of sp³-hybridized carbons (Fsp3) is 0.182. The molecule has 3 aromatic carbocycles. The largest absolute Gasteiger partial charge is 0.497 e. The molecule has 7 heteroatoms. The minimum atomic E-state index is -3.99. The molecule has 0 saturated heterocycles. The number of halogens is 1. The Morgan fingerprint density at radius 3 is 1.86 bits per heavy atom. The van der Waals surface area contributed by atoms with Crippen molar-refractivity contribution < 1.29 is 22.3 Å². The Morgan fingerprint density at radius 2 is 1.34 bits per heavy atom. The van der Waals surface area contributed by atoms with E-state index in [1.807, 2.05) is 0 Å². The Balaban J connectivity index is 2.14. The molecule has 0 aliphatic rings. The molecule has 1 atom stereocenters. The van der Waals surface area contributed by atoms with E-state index in [4.69, 9.17) is 9.47 Å². The Hall–Kier alpha value is -3.06. The van der Waals surface area contributed by atoms with Crippen molar-refractivity contribution in [3.63, 3.8) is 0 Å². The SMILES string of the molecule is COc1ccc(N([C@H](C)c2ccccc2F)S(=O)(=O)c2ccc(OC)cc2)cc1.